The number of anilines is 3. The van der Waals surface area contributed by atoms with Crippen molar-refractivity contribution < 1.29 is 24.3 Å². The molecule has 8 heteroatoms. The highest BCUT2D eigenvalue weighted by Gasteiger charge is 2.66. The van der Waals surface area contributed by atoms with Gasteiger partial charge in [-0.05, 0) is 90.6 Å². The fourth-order valence-electron chi connectivity index (χ4n) is 9.61. The molecule has 3 aliphatic carbocycles. The van der Waals surface area contributed by atoms with Crippen molar-refractivity contribution in [2.75, 3.05) is 10.2 Å². The average Bonchev–Trinajstić information content (AvgIpc) is 3.46. The number of fused-ring (bicyclic) bond motifs is 4. The van der Waals surface area contributed by atoms with Gasteiger partial charge in [-0.3, -0.25) is 24.1 Å². The Hall–Kier alpha value is -5.86. The monoisotopic (exact) mass is 774 g/mol. The number of nitrogens with zero attached hydrogens (tertiary/aromatic N) is 1. The molecule has 1 heterocycles. The van der Waals surface area contributed by atoms with Gasteiger partial charge in [0.05, 0.1) is 22.9 Å². The smallest absolute Gasteiger partial charge is 0.238 e. The summed E-state index contributed by atoms with van der Waals surface area (Å²) in [5, 5.41) is 14.9. The van der Waals surface area contributed by atoms with Crippen LogP contribution in [0.15, 0.2) is 156 Å². The number of benzene rings is 5. The number of amides is 2. The zero-order chi connectivity index (χ0) is 37.1. The summed E-state index contributed by atoms with van der Waals surface area (Å²) < 4.78 is 0.699. The van der Waals surface area contributed by atoms with E-state index in [0.717, 1.165) is 16.9 Å². The molecule has 2 N–H and O–H groups in total. The standard InChI is InChI=1S/C46H35BrN2O5/c47-29-16-23-39(50)37(24-29)42-33-21-22-34-41(45(54)49(44(34)53)32-19-17-31(18-20-32)48-30-14-8-3-9-15-30)36(33)25-38-43(52)35(27-10-4-1-5-11-27)26-40(51)46(38,42)28-12-6-2-7-13-28/h1-21,23-24,26,34,36,38,41-42,48,50H,22,25H2/t34-,36+,38-,41-,42+,46-/m0/s1. The Morgan fingerprint density at radius 3 is 2.07 bits per heavy atom. The van der Waals surface area contributed by atoms with Gasteiger partial charge in [-0.15, -0.1) is 0 Å². The molecule has 0 bridgehead atoms. The van der Waals surface area contributed by atoms with Crippen molar-refractivity contribution in [1.82, 2.24) is 0 Å². The minimum absolute atomic E-state index is 0.0151. The highest BCUT2D eigenvalue weighted by Crippen LogP contribution is 2.64. The predicted octanol–water partition coefficient (Wildman–Crippen LogP) is 8.93. The summed E-state index contributed by atoms with van der Waals surface area (Å²) in [5.74, 6) is -4.65. The molecule has 5 aromatic carbocycles. The first kappa shape index (κ1) is 33.9. The molecule has 0 spiro atoms. The quantitative estimate of drug-likeness (QED) is 0.132. The molecule has 6 atom stereocenters. The van der Waals surface area contributed by atoms with Gasteiger partial charge in [0.2, 0.25) is 11.8 Å². The summed E-state index contributed by atoms with van der Waals surface area (Å²) in [7, 11) is 0. The number of halogens is 1. The molecule has 266 valence electrons. The number of hydrogen-bond acceptors (Lipinski definition) is 6. The highest BCUT2D eigenvalue weighted by molar-refractivity contribution is 9.10. The first-order valence-corrected chi connectivity index (χ1v) is 19.0. The number of imide groups is 1. The summed E-state index contributed by atoms with van der Waals surface area (Å²) >= 11 is 3.60. The number of hydrogen-bond donors (Lipinski definition) is 2. The maximum atomic E-state index is 15.2. The van der Waals surface area contributed by atoms with Gasteiger partial charge in [0.1, 0.15) is 5.75 Å². The highest BCUT2D eigenvalue weighted by atomic mass is 79.9. The van der Waals surface area contributed by atoms with E-state index in [4.69, 9.17) is 0 Å². The fourth-order valence-corrected chi connectivity index (χ4v) is 9.99. The van der Waals surface area contributed by atoms with Gasteiger partial charge in [-0.2, -0.15) is 0 Å². The third-order valence-electron chi connectivity index (χ3n) is 11.9. The van der Waals surface area contributed by atoms with E-state index in [-0.39, 0.29) is 35.6 Å². The molecule has 4 aliphatic rings. The molecular weight excluding hydrogens is 740 g/mol. The average molecular weight is 776 g/mol. The molecular formula is C46H35BrN2O5. The van der Waals surface area contributed by atoms with Crippen LogP contribution in [-0.4, -0.2) is 28.5 Å². The lowest BCUT2D eigenvalue weighted by Gasteiger charge is -2.55. The number of allylic oxidation sites excluding steroid dienone is 4. The third-order valence-corrected chi connectivity index (χ3v) is 12.4. The van der Waals surface area contributed by atoms with Crippen molar-refractivity contribution in [3.05, 3.63) is 172 Å². The molecule has 5 aromatic rings. The summed E-state index contributed by atoms with van der Waals surface area (Å²) in [6.07, 6.45) is 3.97. The van der Waals surface area contributed by atoms with Crippen LogP contribution in [0.4, 0.5) is 17.1 Å². The molecule has 9 rings (SSSR count). The molecule has 7 nitrogen and oxygen atoms in total. The van der Waals surface area contributed by atoms with Crippen molar-refractivity contribution >= 4 is 61.9 Å². The van der Waals surface area contributed by atoms with Crippen molar-refractivity contribution in [1.29, 1.82) is 0 Å². The number of nitrogens with one attached hydrogen (secondary N) is 1. The maximum Gasteiger partial charge on any atom is 0.238 e. The molecule has 1 saturated carbocycles. The van der Waals surface area contributed by atoms with E-state index in [9.17, 15) is 14.7 Å². The van der Waals surface area contributed by atoms with Crippen molar-refractivity contribution in [3.8, 4) is 5.75 Å². The number of carbonyl (C=O) groups is 4. The van der Waals surface area contributed by atoms with Gasteiger partial charge in [0.25, 0.3) is 0 Å². The summed E-state index contributed by atoms with van der Waals surface area (Å²) in [6.45, 7) is 0. The van der Waals surface area contributed by atoms with Gasteiger partial charge in [-0.25, -0.2) is 0 Å². The van der Waals surface area contributed by atoms with Gasteiger partial charge in [0, 0.05) is 38.8 Å². The topological polar surface area (TPSA) is 104 Å². The number of para-hydroxylation sites is 1. The van der Waals surface area contributed by atoms with Gasteiger partial charge < -0.3 is 10.4 Å². The lowest BCUT2D eigenvalue weighted by Crippen LogP contribution is -2.58. The second kappa shape index (κ2) is 13.2. The van der Waals surface area contributed by atoms with Gasteiger partial charge in [-0.1, -0.05) is 106 Å². The van der Waals surface area contributed by atoms with Crippen LogP contribution in [0.25, 0.3) is 5.57 Å². The lowest BCUT2D eigenvalue weighted by molar-refractivity contribution is -0.135. The molecule has 54 heavy (non-hydrogen) atoms. The van der Waals surface area contributed by atoms with Crippen LogP contribution < -0.4 is 10.2 Å². The van der Waals surface area contributed by atoms with E-state index in [1.54, 1.807) is 24.3 Å². The molecule has 2 fully saturated rings. The van der Waals surface area contributed by atoms with Gasteiger partial charge >= 0.3 is 0 Å². The van der Waals surface area contributed by atoms with E-state index < -0.39 is 35.0 Å². The molecule has 0 radical (unpaired) electrons. The van der Waals surface area contributed by atoms with Gasteiger partial charge in [0.15, 0.2) is 11.6 Å². The van der Waals surface area contributed by atoms with Crippen molar-refractivity contribution in [2.24, 2.45) is 23.7 Å². The van der Waals surface area contributed by atoms with Crippen LogP contribution in [-0.2, 0) is 24.6 Å². The zero-order valence-corrected chi connectivity index (χ0v) is 30.6. The molecule has 0 aromatic heterocycles. The van der Waals surface area contributed by atoms with Crippen LogP contribution in [0.3, 0.4) is 0 Å². The largest absolute Gasteiger partial charge is 0.508 e. The lowest BCUT2D eigenvalue weighted by atomic mass is 9.44. The van der Waals surface area contributed by atoms with Crippen LogP contribution in [0.5, 0.6) is 5.75 Å². The second-order valence-corrected chi connectivity index (χ2v) is 15.5. The number of carbonyl (C=O) groups excluding carboxylic acids is 4. The Labute approximate surface area is 321 Å². The first-order valence-electron chi connectivity index (χ1n) is 18.2. The minimum Gasteiger partial charge on any atom is -0.508 e. The molecule has 1 aliphatic heterocycles. The number of rotatable bonds is 6. The van der Waals surface area contributed by atoms with E-state index in [2.05, 4.69) is 21.2 Å². The normalized spacial score (nSPS) is 26.0. The number of Topliss-reactive ketones (excluding diaryl/α,β-unsaturated/α-hetero) is 1. The summed E-state index contributed by atoms with van der Waals surface area (Å²) in [4.78, 5) is 60.6. The fraction of sp³-hybridized carbons (Fsp3) is 0.174. The number of phenolic OH excluding ortho intramolecular Hbond substituents is 1. The van der Waals surface area contributed by atoms with E-state index in [1.165, 1.54) is 11.0 Å². The van der Waals surface area contributed by atoms with E-state index in [1.807, 2.05) is 115 Å². The van der Waals surface area contributed by atoms with Crippen LogP contribution in [0.1, 0.15) is 35.4 Å². The Bertz CT molecular complexity index is 2390. The molecule has 0 unspecified atom stereocenters. The summed E-state index contributed by atoms with van der Waals surface area (Å²) in [5.41, 5.74) is 3.72. The summed E-state index contributed by atoms with van der Waals surface area (Å²) in [6, 6.07) is 40.7. The predicted molar refractivity (Wildman–Crippen MR) is 211 cm³/mol. The Morgan fingerprint density at radius 1 is 0.722 bits per heavy atom. The SMILES string of the molecule is O=C1C(c2ccccc2)=CC(=O)[C@@]2(c3ccccc3)[C@@H](c3cc(Br)ccc3O)C3=CC[C@@H]4C(=O)N(c5ccc(Nc6ccccc6)cc5)C(=O)[C@@H]4[C@@H]3C[C@@H]12. The Balaban J connectivity index is 1.18. The Morgan fingerprint density at radius 2 is 1.37 bits per heavy atom. The Kier molecular flexibility index (Phi) is 8.31. The molecule has 2 amide bonds. The van der Waals surface area contributed by atoms with E-state index >= 15 is 9.59 Å². The van der Waals surface area contributed by atoms with Crippen molar-refractivity contribution in [3.63, 3.8) is 0 Å². The zero-order valence-electron chi connectivity index (χ0n) is 29.1. The van der Waals surface area contributed by atoms with Crippen LogP contribution in [0, 0.1) is 23.7 Å². The van der Waals surface area contributed by atoms with Crippen LogP contribution in [0.2, 0.25) is 0 Å². The van der Waals surface area contributed by atoms with Crippen molar-refractivity contribution in [2.45, 2.75) is 24.2 Å². The number of aromatic hydroxyl groups is 1. The number of ketones is 2. The third kappa shape index (κ3) is 5.22. The van der Waals surface area contributed by atoms with Crippen LogP contribution >= 0.6 is 15.9 Å². The van der Waals surface area contributed by atoms with E-state index in [0.29, 0.717) is 38.8 Å². The second-order valence-electron chi connectivity index (χ2n) is 14.5. The maximum absolute atomic E-state index is 15.2. The molecule has 1 saturated heterocycles. The minimum atomic E-state index is -1.42. The first-order chi connectivity index (χ1) is 26.3. The number of phenols is 1.